The number of nitrogens with one attached hydrogen (secondary N) is 1. The Balaban J connectivity index is 1.90. The lowest BCUT2D eigenvalue weighted by molar-refractivity contribution is 0.0954. The molecule has 0 saturated heterocycles. The molecule has 3 N–H and O–H groups in total. The van der Waals surface area contributed by atoms with E-state index in [1.807, 2.05) is 11.4 Å². The highest BCUT2D eigenvalue weighted by Crippen LogP contribution is 2.43. The molecule has 146 valence electrons. The zero-order valence-electron chi connectivity index (χ0n) is 14.9. The number of carbonyl (C=O) groups excluding carboxylic acids is 1. The van der Waals surface area contributed by atoms with Gasteiger partial charge in [-0.05, 0) is 44.4 Å². The van der Waals surface area contributed by atoms with Crippen LogP contribution in [0.1, 0.15) is 41.0 Å². The highest BCUT2D eigenvalue weighted by Gasteiger charge is 2.49. The van der Waals surface area contributed by atoms with Crippen molar-refractivity contribution in [2.24, 2.45) is 10.7 Å². The van der Waals surface area contributed by atoms with Crippen LogP contribution in [0.15, 0.2) is 22.5 Å². The van der Waals surface area contributed by atoms with Crippen LogP contribution in [-0.4, -0.2) is 35.0 Å². The van der Waals surface area contributed by atoms with E-state index >= 15 is 0 Å². The van der Waals surface area contributed by atoms with Crippen molar-refractivity contribution in [2.75, 3.05) is 5.75 Å². The molecule has 7 nitrogen and oxygen atoms in total. The Labute approximate surface area is 170 Å². The second-order valence-corrected chi connectivity index (χ2v) is 11.7. The van der Waals surface area contributed by atoms with Gasteiger partial charge in [-0.3, -0.25) is 9.79 Å². The van der Waals surface area contributed by atoms with E-state index in [2.05, 4.69) is 14.7 Å². The summed E-state index contributed by atoms with van der Waals surface area (Å²) in [5, 5.41) is 4.90. The Morgan fingerprint density at radius 1 is 1.41 bits per heavy atom. The lowest BCUT2D eigenvalue weighted by Crippen LogP contribution is -2.54. The van der Waals surface area contributed by atoms with Crippen molar-refractivity contribution >= 4 is 56.1 Å². The number of amidine groups is 1. The molecule has 3 heterocycles. The Morgan fingerprint density at radius 3 is 2.70 bits per heavy atom. The van der Waals surface area contributed by atoms with Crippen LogP contribution in [0, 0.1) is 0 Å². The maximum absolute atomic E-state index is 12.7. The fourth-order valence-corrected chi connectivity index (χ4v) is 6.55. The van der Waals surface area contributed by atoms with Gasteiger partial charge >= 0.3 is 0 Å². The van der Waals surface area contributed by atoms with E-state index in [9.17, 15) is 13.2 Å². The molecule has 0 saturated carbocycles. The number of aromatic nitrogens is 1. The molecule has 2 aromatic rings. The standard InChI is InChI=1S/C16H19ClN4O3S3/c1-15(2)14(18)20-16(3,8-27(15,23)24)12-10(17)6-11(26-12)13(22)19-7-9-4-5-25-21-9/h4-6H,7-8H2,1-3H3,(H2,18,20)(H,19,22)/t16-/m0/s1. The molecular formula is C16H19ClN4O3S3. The fraction of sp³-hybridized carbons (Fsp3) is 0.438. The van der Waals surface area contributed by atoms with Crippen molar-refractivity contribution in [3.63, 3.8) is 0 Å². The van der Waals surface area contributed by atoms with Gasteiger partial charge in [-0.1, -0.05) is 11.6 Å². The van der Waals surface area contributed by atoms with Crippen molar-refractivity contribution in [2.45, 2.75) is 37.6 Å². The van der Waals surface area contributed by atoms with Gasteiger partial charge in [0, 0.05) is 5.38 Å². The van der Waals surface area contributed by atoms with E-state index in [1.165, 1.54) is 31.4 Å². The first-order valence-corrected chi connectivity index (χ1v) is 11.7. The van der Waals surface area contributed by atoms with Gasteiger partial charge in [0.25, 0.3) is 5.91 Å². The predicted molar refractivity (Wildman–Crippen MR) is 109 cm³/mol. The Hall–Kier alpha value is -1.49. The molecule has 0 fully saturated rings. The molecule has 3 rings (SSSR count). The van der Waals surface area contributed by atoms with Crippen LogP contribution in [0.3, 0.4) is 0 Å². The lowest BCUT2D eigenvalue weighted by Gasteiger charge is -2.37. The molecule has 11 heteroatoms. The molecule has 1 atom stereocenters. The second-order valence-electron chi connectivity index (χ2n) is 7.00. The van der Waals surface area contributed by atoms with Gasteiger partial charge in [0.1, 0.15) is 16.1 Å². The molecular weight excluding hydrogens is 428 g/mol. The summed E-state index contributed by atoms with van der Waals surface area (Å²) in [4.78, 5) is 17.8. The first-order chi connectivity index (χ1) is 12.5. The highest BCUT2D eigenvalue weighted by molar-refractivity contribution is 7.93. The van der Waals surface area contributed by atoms with E-state index in [0.717, 1.165) is 17.0 Å². The summed E-state index contributed by atoms with van der Waals surface area (Å²) < 4.78 is 28.3. The summed E-state index contributed by atoms with van der Waals surface area (Å²) >= 11 is 8.77. The summed E-state index contributed by atoms with van der Waals surface area (Å²) in [7, 11) is -3.55. The van der Waals surface area contributed by atoms with Crippen molar-refractivity contribution in [1.29, 1.82) is 0 Å². The number of carbonyl (C=O) groups is 1. The Bertz CT molecular complexity index is 1010. The maximum atomic E-state index is 12.7. The van der Waals surface area contributed by atoms with Crippen molar-refractivity contribution < 1.29 is 13.2 Å². The lowest BCUT2D eigenvalue weighted by atomic mass is 10.0. The van der Waals surface area contributed by atoms with Crippen LogP contribution in [0.5, 0.6) is 0 Å². The number of halogens is 1. The SMILES string of the molecule is CC1(C)C(N)=N[C@](C)(c2sc(C(=O)NCc3ccsn3)cc2Cl)CS1(=O)=O. The van der Waals surface area contributed by atoms with Crippen LogP contribution in [0.25, 0.3) is 0 Å². The average molecular weight is 447 g/mol. The predicted octanol–water partition coefficient (Wildman–Crippen LogP) is 2.57. The maximum Gasteiger partial charge on any atom is 0.261 e. The zero-order chi connectivity index (χ0) is 20.0. The monoisotopic (exact) mass is 446 g/mol. The van der Waals surface area contributed by atoms with E-state index in [0.29, 0.717) is 21.3 Å². The summed E-state index contributed by atoms with van der Waals surface area (Å²) in [6.45, 7) is 5.04. The van der Waals surface area contributed by atoms with Gasteiger partial charge in [0.15, 0.2) is 9.84 Å². The molecule has 0 spiro atoms. The van der Waals surface area contributed by atoms with Gasteiger partial charge in [-0.25, -0.2) is 8.42 Å². The van der Waals surface area contributed by atoms with Crippen LogP contribution in [-0.2, 0) is 21.9 Å². The number of rotatable bonds is 4. The Morgan fingerprint density at radius 2 is 2.11 bits per heavy atom. The number of aliphatic imine (C=N–C) groups is 1. The number of thiophene rings is 1. The third-order valence-electron chi connectivity index (χ3n) is 4.55. The van der Waals surface area contributed by atoms with Gasteiger partial charge in [0.2, 0.25) is 0 Å². The summed E-state index contributed by atoms with van der Waals surface area (Å²) in [6.07, 6.45) is 0. The topological polar surface area (TPSA) is 115 Å². The molecule has 0 unspecified atom stereocenters. The molecule has 1 aliphatic heterocycles. The largest absolute Gasteiger partial charge is 0.386 e. The van der Waals surface area contributed by atoms with Gasteiger partial charge in [-0.2, -0.15) is 4.37 Å². The third kappa shape index (κ3) is 3.63. The molecule has 1 aliphatic rings. The van der Waals surface area contributed by atoms with Gasteiger partial charge in [0.05, 0.1) is 32.8 Å². The number of sulfone groups is 1. The van der Waals surface area contributed by atoms with E-state index < -0.39 is 20.1 Å². The summed E-state index contributed by atoms with van der Waals surface area (Å²) in [5.74, 6) is -0.496. The number of nitrogens with two attached hydrogens (primary N) is 1. The minimum Gasteiger partial charge on any atom is -0.386 e. The van der Waals surface area contributed by atoms with Crippen LogP contribution in [0.2, 0.25) is 5.02 Å². The highest BCUT2D eigenvalue weighted by atomic mass is 35.5. The van der Waals surface area contributed by atoms with E-state index in [4.69, 9.17) is 17.3 Å². The quantitative estimate of drug-likeness (QED) is 0.748. The molecule has 27 heavy (non-hydrogen) atoms. The number of nitrogens with zero attached hydrogens (tertiary/aromatic N) is 2. The molecule has 0 aromatic carbocycles. The fourth-order valence-electron chi connectivity index (χ4n) is 2.69. The van der Waals surface area contributed by atoms with Gasteiger partial charge in [-0.15, -0.1) is 11.3 Å². The van der Waals surface area contributed by atoms with Crippen molar-refractivity contribution in [1.82, 2.24) is 9.69 Å². The molecule has 0 radical (unpaired) electrons. The first kappa shape index (κ1) is 20.2. The van der Waals surface area contributed by atoms with E-state index in [-0.39, 0.29) is 17.5 Å². The van der Waals surface area contributed by atoms with Crippen LogP contribution in [0.4, 0.5) is 0 Å². The third-order valence-corrected chi connectivity index (χ3v) is 9.65. The number of amides is 1. The Kier molecular flexibility index (Phi) is 5.13. The molecule has 1 amide bonds. The van der Waals surface area contributed by atoms with Crippen molar-refractivity contribution in [3.8, 4) is 0 Å². The first-order valence-electron chi connectivity index (χ1n) is 8.02. The molecule has 0 aliphatic carbocycles. The second kappa shape index (κ2) is 6.84. The average Bonchev–Trinajstić information content (AvgIpc) is 3.20. The van der Waals surface area contributed by atoms with Crippen LogP contribution >= 0.6 is 34.5 Å². The minimum absolute atomic E-state index is 0.0373. The van der Waals surface area contributed by atoms with E-state index in [1.54, 1.807) is 6.92 Å². The normalized spacial score (nSPS) is 23.6. The van der Waals surface area contributed by atoms with Crippen molar-refractivity contribution in [3.05, 3.63) is 38.0 Å². The summed E-state index contributed by atoms with van der Waals surface area (Å²) in [5.41, 5.74) is 5.60. The number of hydrogen-bond acceptors (Lipinski definition) is 8. The zero-order valence-corrected chi connectivity index (χ0v) is 18.2. The number of hydrogen-bond donors (Lipinski definition) is 2. The van der Waals surface area contributed by atoms with Gasteiger partial charge < -0.3 is 11.1 Å². The molecule has 2 aromatic heterocycles. The smallest absolute Gasteiger partial charge is 0.261 e. The summed E-state index contributed by atoms with van der Waals surface area (Å²) in [6, 6.07) is 3.35. The van der Waals surface area contributed by atoms with Crippen LogP contribution < -0.4 is 11.1 Å². The molecule has 0 bridgehead atoms. The minimum atomic E-state index is -3.55.